The molecule has 0 saturated carbocycles. The van der Waals surface area contributed by atoms with E-state index in [0.717, 1.165) is 82.2 Å². The average molecular weight is 677 g/mol. The molecule has 11 aromatic rings. The van der Waals surface area contributed by atoms with Gasteiger partial charge in [-0.3, -0.25) is 4.98 Å². The molecule has 0 N–H and O–H groups in total. The molecule has 3 aromatic heterocycles. The number of pyridine rings is 1. The van der Waals surface area contributed by atoms with Crippen molar-refractivity contribution >= 4 is 65.2 Å². The van der Waals surface area contributed by atoms with Crippen LogP contribution in [0.2, 0.25) is 0 Å². The lowest BCUT2D eigenvalue weighted by atomic mass is 9.92. The summed E-state index contributed by atoms with van der Waals surface area (Å²) in [7, 11) is 0. The summed E-state index contributed by atoms with van der Waals surface area (Å²) < 4.78 is 6.64. The Morgan fingerprint density at radius 2 is 0.962 bits per heavy atom. The van der Waals surface area contributed by atoms with Gasteiger partial charge in [-0.2, -0.15) is 0 Å². The molecule has 0 spiro atoms. The van der Waals surface area contributed by atoms with Crippen molar-refractivity contribution in [1.29, 1.82) is 0 Å². The average Bonchev–Trinajstić information content (AvgIpc) is 3.63. The first-order chi connectivity index (χ1) is 26.3. The second-order valence-corrected chi connectivity index (χ2v) is 13.4. The van der Waals surface area contributed by atoms with E-state index in [-0.39, 0.29) is 0 Å². The Morgan fingerprint density at radius 3 is 1.77 bits per heavy atom. The first kappa shape index (κ1) is 29.5. The topological polar surface area (TPSA) is 64.7 Å². The van der Waals surface area contributed by atoms with Crippen LogP contribution in [-0.2, 0) is 0 Å². The van der Waals surface area contributed by atoms with Crippen molar-refractivity contribution in [2.45, 2.75) is 0 Å². The summed E-state index contributed by atoms with van der Waals surface area (Å²) in [5, 5.41) is 9.94. The zero-order chi connectivity index (χ0) is 34.9. The molecule has 0 aliphatic heterocycles. The van der Waals surface area contributed by atoms with Crippen LogP contribution in [0.15, 0.2) is 174 Å². The number of nitrogens with zero attached hydrogens (tertiary/aromatic N) is 4. The summed E-state index contributed by atoms with van der Waals surface area (Å²) in [5.41, 5.74) is 7.50. The van der Waals surface area contributed by atoms with Crippen molar-refractivity contribution in [3.05, 3.63) is 170 Å². The lowest BCUT2D eigenvalue weighted by molar-refractivity contribution is 0.670. The largest absolute Gasteiger partial charge is 0.455 e. The molecule has 0 amide bonds. The van der Waals surface area contributed by atoms with Crippen molar-refractivity contribution in [3.63, 3.8) is 0 Å². The lowest BCUT2D eigenvalue weighted by Gasteiger charge is -2.15. The summed E-state index contributed by atoms with van der Waals surface area (Å²) in [6.45, 7) is 0. The van der Waals surface area contributed by atoms with E-state index in [9.17, 15) is 0 Å². The zero-order valence-electron chi connectivity index (χ0n) is 28.4. The van der Waals surface area contributed by atoms with Crippen molar-refractivity contribution in [2.24, 2.45) is 0 Å². The van der Waals surface area contributed by atoms with E-state index in [1.165, 1.54) is 10.8 Å². The molecule has 5 heteroatoms. The van der Waals surface area contributed by atoms with Gasteiger partial charge in [0.1, 0.15) is 11.2 Å². The first-order valence-corrected chi connectivity index (χ1v) is 17.7. The van der Waals surface area contributed by atoms with Gasteiger partial charge in [-0.05, 0) is 68.2 Å². The SMILES string of the molecule is c1ccc(-c2nc(-c3ccc(-c4cc5ncccc5c5c4oc4ccccc45)c4ccccc34)nc(-c3cc4ccccc4c4ccccc34)n2)cc1. The van der Waals surface area contributed by atoms with Crippen LogP contribution in [0.5, 0.6) is 0 Å². The number of hydrogen-bond donors (Lipinski definition) is 0. The van der Waals surface area contributed by atoms with Crippen molar-refractivity contribution in [2.75, 3.05) is 0 Å². The van der Waals surface area contributed by atoms with E-state index < -0.39 is 0 Å². The van der Waals surface area contributed by atoms with Crippen LogP contribution in [0.25, 0.3) is 110 Å². The number of rotatable bonds is 4. The smallest absolute Gasteiger partial charge is 0.164 e. The van der Waals surface area contributed by atoms with Gasteiger partial charge in [-0.15, -0.1) is 0 Å². The second-order valence-electron chi connectivity index (χ2n) is 13.4. The fraction of sp³-hybridized carbons (Fsp3) is 0. The van der Waals surface area contributed by atoms with Crippen LogP contribution in [0, 0.1) is 0 Å². The summed E-state index contributed by atoms with van der Waals surface area (Å²) in [4.78, 5) is 20.4. The minimum Gasteiger partial charge on any atom is -0.455 e. The van der Waals surface area contributed by atoms with Gasteiger partial charge in [-0.25, -0.2) is 15.0 Å². The number of hydrogen-bond acceptors (Lipinski definition) is 5. The van der Waals surface area contributed by atoms with E-state index in [1.54, 1.807) is 0 Å². The molecule has 11 rings (SSSR count). The van der Waals surface area contributed by atoms with Crippen LogP contribution < -0.4 is 0 Å². The van der Waals surface area contributed by atoms with Gasteiger partial charge in [0.15, 0.2) is 17.5 Å². The zero-order valence-corrected chi connectivity index (χ0v) is 28.4. The van der Waals surface area contributed by atoms with Gasteiger partial charge in [0.05, 0.1) is 5.52 Å². The van der Waals surface area contributed by atoms with Gasteiger partial charge in [-0.1, -0.05) is 133 Å². The highest BCUT2D eigenvalue weighted by molar-refractivity contribution is 6.23. The van der Waals surface area contributed by atoms with Gasteiger partial charge in [0.2, 0.25) is 0 Å². The van der Waals surface area contributed by atoms with Crippen LogP contribution in [-0.4, -0.2) is 19.9 Å². The molecular weight excluding hydrogens is 649 g/mol. The highest BCUT2D eigenvalue weighted by atomic mass is 16.3. The molecule has 8 aromatic carbocycles. The summed E-state index contributed by atoms with van der Waals surface area (Å²) >= 11 is 0. The van der Waals surface area contributed by atoms with E-state index in [1.807, 2.05) is 42.6 Å². The highest BCUT2D eigenvalue weighted by Crippen LogP contribution is 2.44. The quantitative estimate of drug-likeness (QED) is 0.174. The Bertz CT molecular complexity index is 3240. The van der Waals surface area contributed by atoms with Crippen molar-refractivity contribution in [1.82, 2.24) is 19.9 Å². The van der Waals surface area contributed by atoms with E-state index in [0.29, 0.717) is 17.5 Å². The maximum absolute atomic E-state index is 6.64. The third kappa shape index (κ3) is 4.64. The Morgan fingerprint density at radius 1 is 0.377 bits per heavy atom. The maximum Gasteiger partial charge on any atom is 0.164 e. The predicted molar refractivity (Wildman–Crippen MR) is 217 cm³/mol. The molecule has 3 heterocycles. The number of fused-ring (bicyclic) bond motifs is 9. The number of benzene rings is 8. The molecule has 0 unspecified atom stereocenters. The van der Waals surface area contributed by atoms with Gasteiger partial charge < -0.3 is 4.42 Å². The third-order valence-corrected chi connectivity index (χ3v) is 10.4. The molecule has 246 valence electrons. The number of aromatic nitrogens is 4. The minimum absolute atomic E-state index is 0.614. The number of furan rings is 1. The summed E-state index contributed by atoms with van der Waals surface area (Å²) in [5.74, 6) is 1.87. The van der Waals surface area contributed by atoms with Gasteiger partial charge >= 0.3 is 0 Å². The molecule has 0 aliphatic rings. The predicted octanol–water partition coefficient (Wildman–Crippen LogP) is 12.4. The fourth-order valence-electron chi connectivity index (χ4n) is 7.95. The second kappa shape index (κ2) is 11.7. The molecule has 5 nitrogen and oxygen atoms in total. The molecule has 0 fully saturated rings. The fourth-order valence-corrected chi connectivity index (χ4v) is 7.95. The van der Waals surface area contributed by atoms with Gasteiger partial charge in [0, 0.05) is 44.6 Å². The molecular formula is C48H28N4O. The molecule has 0 bridgehead atoms. The lowest BCUT2D eigenvalue weighted by Crippen LogP contribution is -2.01. The van der Waals surface area contributed by atoms with Crippen LogP contribution in [0.1, 0.15) is 0 Å². The standard InChI is InChI=1S/C48H28N4O/c1-2-13-29(14-3-1)46-50-47(52-48(51-46)41-27-30-15-4-5-16-31(30)32-17-6-9-20-35(32)41)37-25-24-36(33-18-7-8-19-34(33)37)40-28-42-38(22-12-26-49-42)44-39-21-10-11-23-43(39)53-45(40)44/h1-28H. The van der Waals surface area contributed by atoms with Crippen LogP contribution in [0.4, 0.5) is 0 Å². The first-order valence-electron chi connectivity index (χ1n) is 17.7. The van der Waals surface area contributed by atoms with Crippen molar-refractivity contribution < 1.29 is 4.42 Å². The molecule has 53 heavy (non-hydrogen) atoms. The Kier molecular flexibility index (Phi) is 6.48. The van der Waals surface area contributed by atoms with E-state index in [2.05, 4.69) is 127 Å². The highest BCUT2D eigenvalue weighted by Gasteiger charge is 2.21. The summed E-state index contributed by atoms with van der Waals surface area (Å²) in [6, 6.07) is 56.6. The molecule has 0 saturated heterocycles. The molecule has 0 radical (unpaired) electrons. The van der Waals surface area contributed by atoms with Crippen LogP contribution in [0.3, 0.4) is 0 Å². The monoisotopic (exact) mass is 676 g/mol. The molecule has 0 atom stereocenters. The van der Waals surface area contributed by atoms with E-state index >= 15 is 0 Å². The minimum atomic E-state index is 0.614. The Balaban J connectivity index is 1.18. The van der Waals surface area contributed by atoms with Crippen LogP contribution >= 0.6 is 0 Å². The van der Waals surface area contributed by atoms with E-state index in [4.69, 9.17) is 24.4 Å². The van der Waals surface area contributed by atoms with Crippen molar-refractivity contribution in [3.8, 4) is 45.3 Å². The normalized spacial score (nSPS) is 11.8. The third-order valence-electron chi connectivity index (χ3n) is 10.4. The molecule has 0 aliphatic carbocycles. The Labute approximate surface area is 303 Å². The Hall–Kier alpha value is -7.24. The number of para-hydroxylation sites is 1. The maximum atomic E-state index is 6.64. The summed E-state index contributed by atoms with van der Waals surface area (Å²) in [6.07, 6.45) is 1.85. The van der Waals surface area contributed by atoms with Gasteiger partial charge in [0.25, 0.3) is 0 Å².